The second-order valence-electron chi connectivity index (χ2n) is 4.75. The minimum Gasteiger partial charge on any atom is -0.487 e. The maximum atomic E-state index is 5.99. The number of anilines is 1. The Balaban J connectivity index is 2.59. The summed E-state index contributed by atoms with van der Waals surface area (Å²) in [5, 5.41) is 0. The van der Waals surface area contributed by atoms with Crippen molar-refractivity contribution >= 4 is 5.69 Å². The van der Waals surface area contributed by atoms with Crippen molar-refractivity contribution in [2.75, 3.05) is 5.73 Å². The Morgan fingerprint density at radius 1 is 1.36 bits per heavy atom. The van der Waals surface area contributed by atoms with Gasteiger partial charge in [0, 0.05) is 17.7 Å². The van der Waals surface area contributed by atoms with Crippen LogP contribution in [0.25, 0.3) is 0 Å². The molecule has 0 atom stereocenters. The molecular formula is C12H17NO. The molecule has 1 aromatic carbocycles. The first-order chi connectivity index (χ1) is 6.41. The number of ether oxygens (including phenoxy) is 1. The topological polar surface area (TPSA) is 35.2 Å². The third-order valence-electron chi connectivity index (χ3n) is 2.92. The normalized spacial score (nSPS) is 17.7. The molecule has 0 spiro atoms. The maximum Gasteiger partial charge on any atom is 0.124 e. The predicted octanol–water partition coefficient (Wildman–Crippen LogP) is 2.60. The number of benzene rings is 1. The molecular weight excluding hydrogens is 174 g/mol. The lowest BCUT2D eigenvalue weighted by atomic mass is 9.95. The average Bonchev–Trinajstić information content (AvgIpc) is 2.37. The van der Waals surface area contributed by atoms with Gasteiger partial charge in [0.2, 0.25) is 0 Å². The Bertz CT molecular complexity index is 394. The van der Waals surface area contributed by atoms with E-state index in [-0.39, 0.29) is 5.60 Å². The molecule has 0 aromatic heterocycles. The fourth-order valence-electron chi connectivity index (χ4n) is 2.07. The Kier molecular flexibility index (Phi) is 1.78. The first kappa shape index (κ1) is 9.38. The second kappa shape index (κ2) is 2.66. The number of hydrogen-bond donors (Lipinski definition) is 1. The minimum atomic E-state index is -0.0761. The molecule has 2 heteroatoms. The van der Waals surface area contributed by atoms with Gasteiger partial charge in [0.05, 0.1) is 0 Å². The molecule has 1 aliphatic rings. The molecule has 14 heavy (non-hydrogen) atoms. The van der Waals surface area contributed by atoms with E-state index in [9.17, 15) is 0 Å². The SMILES string of the molecule is Cc1cc2c(c(C)c1N)CC(C)(C)O2. The van der Waals surface area contributed by atoms with Crippen LogP contribution in [0.5, 0.6) is 5.75 Å². The largest absolute Gasteiger partial charge is 0.487 e. The summed E-state index contributed by atoms with van der Waals surface area (Å²) in [4.78, 5) is 0. The molecule has 1 heterocycles. The smallest absolute Gasteiger partial charge is 0.124 e. The molecule has 2 nitrogen and oxygen atoms in total. The molecule has 1 aliphatic heterocycles. The fraction of sp³-hybridized carbons (Fsp3) is 0.500. The zero-order valence-corrected chi connectivity index (χ0v) is 9.27. The zero-order chi connectivity index (χ0) is 10.5. The van der Waals surface area contributed by atoms with E-state index in [0.717, 1.165) is 23.4 Å². The molecule has 0 aliphatic carbocycles. The second-order valence-corrected chi connectivity index (χ2v) is 4.75. The van der Waals surface area contributed by atoms with E-state index in [4.69, 9.17) is 10.5 Å². The highest BCUT2D eigenvalue weighted by Gasteiger charge is 2.31. The molecule has 2 rings (SSSR count). The van der Waals surface area contributed by atoms with Crippen molar-refractivity contribution in [2.24, 2.45) is 0 Å². The van der Waals surface area contributed by atoms with Crippen LogP contribution in [-0.4, -0.2) is 5.60 Å². The van der Waals surface area contributed by atoms with Crippen molar-refractivity contribution in [1.82, 2.24) is 0 Å². The predicted molar refractivity (Wildman–Crippen MR) is 58.7 cm³/mol. The summed E-state index contributed by atoms with van der Waals surface area (Å²) >= 11 is 0. The van der Waals surface area contributed by atoms with E-state index in [1.165, 1.54) is 11.1 Å². The summed E-state index contributed by atoms with van der Waals surface area (Å²) in [5.41, 5.74) is 10.4. The Labute approximate surface area is 85.1 Å². The van der Waals surface area contributed by atoms with Crippen molar-refractivity contribution < 1.29 is 4.74 Å². The van der Waals surface area contributed by atoms with Crippen LogP contribution in [0.1, 0.15) is 30.5 Å². The highest BCUT2D eigenvalue weighted by atomic mass is 16.5. The highest BCUT2D eigenvalue weighted by Crippen LogP contribution is 2.40. The lowest BCUT2D eigenvalue weighted by Crippen LogP contribution is -2.24. The number of aryl methyl sites for hydroxylation is 1. The van der Waals surface area contributed by atoms with Gasteiger partial charge in [-0.3, -0.25) is 0 Å². The van der Waals surface area contributed by atoms with Gasteiger partial charge < -0.3 is 10.5 Å². The van der Waals surface area contributed by atoms with E-state index in [2.05, 4.69) is 20.8 Å². The van der Waals surface area contributed by atoms with Crippen molar-refractivity contribution in [3.05, 3.63) is 22.8 Å². The molecule has 0 unspecified atom stereocenters. The fourth-order valence-corrected chi connectivity index (χ4v) is 2.07. The summed E-state index contributed by atoms with van der Waals surface area (Å²) in [6, 6.07) is 2.05. The molecule has 0 saturated heterocycles. The van der Waals surface area contributed by atoms with Crippen LogP contribution in [0.2, 0.25) is 0 Å². The van der Waals surface area contributed by atoms with Crippen LogP contribution in [0.4, 0.5) is 5.69 Å². The van der Waals surface area contributed by atoms with Gasteiger partial charge in [-0.1, -0.05) is 0 Å². The summed E-state index contributed by atoms with van der Waals surface area (Å²) in [6.45, 7) is 8.32. The lowest BCUT2D eigenvalue weighted by Gasteiger charge is -2.16. The van der Waals surface area contributed by atoms with Crippen LogP contribution >= 0.6 is 0 Å². The summed E-state index contributed by atoms with van der Waals surface area (Å²) in [7, 11) is 0. The van der Waals surface area contributed by atoms with Crippen molar-refractivity contribution in [3.8, 4) is 5.75 Å². The van der Waals surface area contributed by atoms with Gasteiger partial charge in [-0.2, -0.15) is 0 Å². The van der Waals surface area contributed by atoms with Gasteiger partial charge in [0.15, 0.2) is 0 Å². The van der Waals surface area contributed by atoms with E-state index in [1.807, 2.05) is 13.0 Å². The molecule has 0 saturated carbocycles. The van der Waals surface area contributed by atoms with Crippen molar-refractivity contribution in [2.45, 2.75) is 39.7 Å². The number of fused-ring (bicyclic) bond motifs is 1. The molecule has 0 radical (unpaired) electrons. The van der Waals surface area contributed by atoms with Gasteiger partial charge in [-0.15, -0.1) is 0 Å². The lowest BCUT2D eigenvalue weighted by molar-refractivity contribution is 0.138. The third-order valence-corrected chi connectivity index (χ3v) is 2.92. The van der Waals surface area contributed by atoms with Crippen molar-refractivity contribution in [3.63, 3.8) is 0 Å². The molecule has 2 N–H and O–H groups in total. The number of nitrogen functional groups attached to an aromatic ring is 1. The Morgan fingerprint density at radius 2 is 2.00 bits per heavy atom. The van der Waals surface area contributed by atoms with Gasteiger partial charge in [0.1, 0.15) is 11.4 Å². The first-order valence-electron chi connectivity index (χ1n) is 4.98. The van der Waals surface area contributed by atoms with E-state index >= 15 is 0 Å². The van der Waals surface area contributed by atoms with Crippen LogP contribution in [-0.2, 0) is 6.42 Å². The van der Waals surface area contributed by atoms with E-state index < -0.39 is 0 Å². The van der Waals surface area contributed by atoms with Crippen LogP contribution in [0.3, 0.4) is 0 Å². The van der Waals surface area contributed by atoms with Gasteiger partial charge in [-0.05, 0) is 44.9 Å². The molecule has 0 bridgehead atoms. The number of hydrogen-bond acceptors (Lipinski definition) is 2. The summed E-state index contributed by atoms with van der Waals surface area (Å²) in [6.07, 6.45) is 0.957. The zero-order valence-electron chi connectivity index (χ0n) is 9.27. The number of rotatable bonds is 0. The summed E-state index contributed by atoms with van der Waals surface area (Å²) in [5.74, 6) is 1.01. The maximum absolute atomic E-state index is 5.99. The van der Waals surface area contributed by atoms with Gasteiger partial charge >= 0.3 is 0 Å². The molecule has 0 fully saturated rings. The average molecular weight is 191 g/mol. The third kappa shape index (κ3) is 1.26. The minimum absolute atomic E-state index is 0.0761. The highest BCUT2D eigenvalue weighted by molar-refractivity contribution is 5.62. The van der Waals surface area contributed by atoms with Crippen LogP contribution < -0.4 is 10.5 Å². The summed E-state index contributed by atoms with van der Waals surface area (Å²) < 4.78 is 5.86. The standard InChI is InChI=1S/C12H17NO/c1-7-5-10-9(8(2)11(7)13)6-12(3,4)14-10/h5H,6,13H2,1-4H3. The monoisotopic (exact) mass is 191 g/mol. The van der Waals surface area contributed by atoms with E-state index in [0.29, 0.717) is 0 Å². The van der Waals surface area contributed by atoms with Crippen LogP contribution in [0, 0.1) is 13.8 Å². The quantitative estimate of drug-likeness (QED) is 0.640. The molecule has 0 amide bonds. The van der Waals surface area contributed by atoms with Crippen LogP contribution in [0.15, 0.2) is 6.07 Å². The first-order valence-corrected chi connectivity index (χ1v) is 4.98. The molecule has 1 aromatic rings. The van der Waals surface area contributed by atoms with Gasteiger partial charge in [0.25, 0.3) is 0 Å². The molecule has 76 valence electrons. The number of nitrogens with two attached hydrogens (primary N) is 1. The Hall–Kier alpha value is -1.18. The van der Waals surface area contributed by atoms with Gasteiger partial charge in [-0.25, -0.2) is 0 Å². The van der Waals surface area contributed by atoms with Crippen molar-refractivity contribution in [1.29, 1.82) is 0 Å². The van der Waals surface area contributed by atoms with E-state index in [1.54, 1.807) is 0 Å². The Morgan fingerprint density at radius 3 is 2.64 bits per heavy atom.